The van der Waals surface area contributed by atoms with Gasteiger partial charge in [-0.25, -0.2) is 4.79 Å². The van der Waals surface area contributed by atoms with E-state index in [4.69, 9.17) is 17.3 Å². The third-order valence-corrected chi connectivity index (χ3v) is 3.42. The van der Waals surface area contributed by atoms with Crippen LogP contribution in [0.3, 0.4) is 0 Å². The van der Waals surface area contributed by atoms with E-state index in [9.17, 15) is 4.79 Å². The fourth-order valence-corrected chi connectivity index (χ4v) is 2.19. The highest BCUT2D eigenvalue weighted by atomic mass is 35.5. The lowest BCUT2D eigenvalue weighted by Crippen LogP contribution is -2.26. The van der Waals surface area contributed by atoms with Gasteiger partial charge in [0.15, 0.2) is 5.82 Å². The second kappa shape index (κ2) is 6.24. The molecule has 3 rings (SSSR count). The average molecular weight is 348 g/mol. The van der Waals surface area contributed by atoms with Crippen LogP contribution in [0.5, 0.6) is 0 Å². The first-order valence-electron chi connectivity index (χ1n) is 6.91. The Balaban J connectivity index is 1.96. The van der Waals surface area contributed by atoms with E-state index in [1.165, 1.54) is 0 Å². The van der Waals surface area contributed by atoms with E-state index >= 15 is 0 Å². The Labute approximate surface area is 141 Å². The molecule has 1 aromatic carbocycles. The number of nitrogens with zero attached hydrogens (tertiary/aromatic N) is 8. The van der Waals surface area contributed by atoms with Gasteiger partial charge < -0.3 is 10.6 Å². The summed E-state index contributed by atoms with van der Waals surface area (Å²) in [6, 6.07) is 6.85. The van der Waals surface area contributed by atoms with E-state index in [-0.39, 0.29) is 12.5 Å². The Morgan fingerprint density at radius 1 is 1.17 bits per heavy atom. The molecular weight excluding hydrogens is 334 g/mol. The van der Waals surface area contributed by atoms with Crippen molar-refractivity contribution in [1.29, 1.82) is 0 Å². The van der Waals surface area contributed by atoms with E-state index in [1.807, 2.05) is 0 Å². The summed E-state index contributed by atoms with van der Waals surface area (Å²) in [5.41, 5.74) is 5.65. The molecule has 0 aliphatic rings. The zero-order chi connectivity index (χ0) is 17.3. The van der Waals surface area contributed by atoms with Gasteiger partial charge in [0, 0.05) is 14.1 Å². The molecule has 0 fully saturated rings. The van der Waals surface area contributed by atoms with Crippen molar-refractivity contribution in [1.82, 2.24) is 34.7 Å². The van der Waals surface area contributed by atoms with Gasteiger partial charge in [0.1, 0.15) is 6.54 Å². The lowest BCUT2D eigenvalue weighted by atomic mass is 10.3. The average Bonchev–Trinajstić information content (AvgIpc) is 2.88. The van der Waals surface area contributed by atoms with Crippen LogP contribution in [-0.2, 0) is 6.54 Å². The van der Waals surface area contributed by atoms with Gasteiger partial charge in [-0.1, -0.05) is 23.7 Å². The van der Waals surface area contributed by atoms with Crippen LogP contribution in [0.25, 0.3) is 5.69 Å². The summed E-state index contributed by atoms with van der Waals surface area (Å²) >= 11 is 6.08. The van der Waals surface area contributed by atoms with E-state index in [0.29, 0.717) is 22.5 Å². The van der Waals surface area contributed by atoms with Crippen LogP contribution in [0.4, 0.5) is 11.9 Å². The smallest absolute Gasteiger partial charge is 0.368 e. The molecule has 3 aromatic rings. The summed E-state index contributed by atoms with van der Waals surface area (Å²) in [6.45, 7) is 0.0108. The first kappa shape index (κ1) is 15.9. The van der Waals surface area contributed by atoms with Gasteiger partial charge in [0.05, 0.1) is 10.7 Å². The van der Waals surface area contributed by atoms with Gasteiger partial charge >= 0.3 is 5.69 Å². The number of anilines is 2. The van der Waals surface area contributed by atoms with E-state index in [1.54, 1.807) is 43.3 Å². The summed E-state index contributed by atoms with van der Waals surface area (Å²) in [5.74, 6) is 0.763. The molecule has 0 bridgehead atoms. The van der Waals surface area contributed by atoms with Crippen LogP contribution in [-0.4, -0.2) is 48.8 Å². The molecule has 0 saturated carbocycles. The fraction of sp³-hybridized carbons (Fsp3) is 0.231. The molecule has 2 N–H and O–H groups in total. The molecule has 2 aromatic heterocycles. The summed E-state index contributed by atoms with van der Waals surface area (Å²) in [7, 11) is 3.55. The number of nitrogens with two attached hydrogens (primary N) is 1. The van der Waals surface area contributed by atoms with Crippen LogP contribution in [0.15, 0.2) is 29.1 Å². The zero-order valence-corrected chi connectivity index (χ0v) is 13.7. The van der Waals surface area contributed by atoms with E-state index in [0.717, 1.165) is 9.36 Å². The van der Waals surface area contributed by atoms with Crippen LogP contribution in [0, 0.1) is 0 Å². The molecule has 10 nitrogen and oxygen atoms in total. The Kier molecular flexibility index (Phi) is 4.13. The maximum absolute atomic E-state index is 12.5. The molecule has 0 unspecified atom stereocenters. The summed E-state index contributed by atoms with van der Waals surface area (Å²) in [4.78, 5) is 26.4. The monoisotopic (exact) mass is 347 g/mol. The number of hydrogen-bond donors (Lipinski definition) is 1. The minimum Gasteiger partial charge on any atom is -0.368 e. The van der Waals surface area contributed by atoms with Gasteiger partial charge in [0.2, 0.25) is 11.9 Å². The second-order valence-corrected chi connectivity index (χ2v) is 5.49. The highest BCUT2D eigenvalue weighted by molar-refractivity contribution is 6.32. The predicted octanol–water partition coefficient (Wildman–Crippen LogP) is -0.0361. The number of benzene rings is 1. The quantitative estimate of drug-likeness (QED) is 0.698. The predicted molar refractivity (Wildman–Crippen MR) is 88.3 cm³/mol. The van der Waals surface area contributed by atoms with Crippen LogP contribution < -0.4 is 16.3 Å². The maximum atomic E-state index is 12.5. The van der Waals surface area contributed by atoms with Crippen molar-refractivity contribution < 1.29 is 0 Å². The molecule has 0 saturated heterocycles. The van der Waals surface area contributed by atoms with Crippen molar-refractivity contribution in [2.45, 2.75) is 6.54 Å². The van der Waals surface area contributed by atoms with Crippen LogP contribution in [0.2, 0.25) is 5.02 Å². The Morgan fingerprint density at radius 3 is 2.62 bits per heavy atom. The highest BCUT2D eigenvalue weighted by Gasteiger charge is 2.14. The highest BCUT2D eigenvalue weighted by Crippen LogP contribution is 2.16. The van der Waals surface area contributed by atoms with Gasteiger partial charge in [-0.05, 0) is 22.6 Å². The number of hydrogen-bond acceptors (Lipinski definition) is 8. The SMILES string of the molecule is CN(C)c1nc(N)nc(Cn2nnn(-c3ccccc3Cl)c2=O)n1. The van der Waals surface area contributed by atoms with Crippen molar-refractivity contribution in [3.05, 3.63) is 45.6 Å². The van der Waals surface area contributed by atoms with Gasteiger partial charge in [0.25, 0.3) is 0 Å². The molecule has 11 heteroatoms. The summed E-state index contributed by atoms with van der Waals surface area (Å²) in [6.07, 6.45) is 0. The first-order chi connectivity index (χ1) is 11.5. The summed E-state index contributed by atoms with van der Waals surface area (Å²) in [5, 5.41) is 8.07. The maximum Gasteiger partial charge on any atom is 0.368 e. The third kappa shape index (κ3) is 3.04. The largest absolute Gasteiger partial charge is 0.368 e. The molecule has 124 valence electrons. The summed E-state index contributed by atoms with van der Waals surface area (Å²) < 4.78 is 2.23. The van der Waals surface area contributed by atoms with E-state index in [2.05, 4.69) is 25.4 Å². The third-order valence-electron chi connectivity index (χ3n) is 3.10. The molecule has 0 spiro atoms. The zero-order valence-electron chi connectivity index (χ0n) is 13.0. The lowest BCUT2D eigenvalue weighted by Gasteiger charge is -2.10. The number of rotatable bonds is 4. The first-order valence-corrected chi connectivity index (χ1v) is 7.29. The lowest BCUT2D eigenvalue weighted by molar-refractivity contribution is 0.606. The number of nitrogen functional groups attached to an aromatic ring is 1. The standard InChI is InChI=1S/C13H14ClN9O/c1-21(2)12-17-10(16-11(15)18-12)7-22-13(24)23(20-19-22)9-6-4-3-5-8(9)14/h3-6H,7H2,1-2H3,(H2,15,16,17,18). The normalized spacial score (nSPS) is 10.8. The number of halogens is 1. The number of para-hydroxylation sites is 1. The van der Waals surface area contributed by atoms with Gasteiger partial charge in [-0.2, -0.15) is 24.3 Å². The van der Waals surface area contributed by atoms with Crippen molar-refractivity contribution in [3.63, 3.8) is 0 Å². The van der Waals surface area contributed by atoms with Crippen LogP contribution >= 0.6 is 11.6 Å². The van der Waals surface area contributed by atoms with Crippen molar-refractivity contribution in [3.8, 4) is 5.69 Å². The number of tetrazole rings is 1. The molecule has 0 amide bonds. The molecule has 0 atom stereocenters. The Morgan fingerprint density at radius 2 is 1.92 bits per heavy atom. The molecule has 2 heterocycles. The van der Waals surface area contributed by atoms with Crippen LogP contribution in [0.1, 0.15) is 5.82 Å². The topological polar surface area (TPSA) is 121 Å². The number of aromatic nitrogens is 7. The molecular formula is C13H14ClN9O. The molecule has 24 heavy (non-hydrogen) atoms. The second-order valence-electron chi connectivity index (χ2n) is 5.09. The van der Waals surface area contributed by atoms with Crippen molar-refractivity contribution >= 4 is 23.5 Å². The Bertz CT molecular complexity index is 933. The molecule has 0 aliphatic carbocycles. The molecule has 0 aliphatic heterocycles. The van der Waals surface area contributed by atoms with E-state index < -0.39 is 5.69 Å². The van der Waals surface area contributed by atoms with Gasteiger partial charge in [-0.3, -0.25) is 0 Å². The van der Waals surface area contributed by atoms with Crippen molar-refractivity contribution in [2.24, 2.45) is 0 Å². The van der Waals surface area contributed by atoms with Gasteiger partial charge in [-0.15, -0.1) is 0 Å². The van der Waals surface area contributed by atoms with Crippen molar-refractivity contribution in [2.75, 3.05) is 24.7 Å². The minimum atomic E-state index is -0.464. The fourth-order valence-electron chi connectivity index (χ4n) is 1.98. The Hall–Kier alpha value is -3.01. The minimum absolute atomic E-state index is 0.0108. The molecule has 0 radical (unpaired) electrons.